The molecule has 1 amide bonds. The number of nitrogens with zero attached hydrogens (tertiary/aromatic N) is 5. The average Bonchev–Trinajstić information content (AvgIpc) is 3.63. The summed E-state index contributed by atoms with van der Waals surface area (Å²) in [4.78, 5) is 44.3. The van der Waals surface area contributed by atoms with E-state index >= 15 is 0 Å². The molecule has 10 heteroatoms. The molecular weight excluding hydrogens is 448 g/mol. The van der Waals surface area contributed by atoms with Gasteiger partial charge in [0, 0.05) is 0 Å². The lowest BCUT2D eigenvalue weighted by Gasteiger charge is -2.22. The number of furan rings is 1. The van der Waals surface area contributed by atoms with E-state index in [-0.39, 0.29) is 24.3 Å². The fourth-order valence-electron chi connectivity index (χ4n) is 4.67. The van der Waals surface area contributed by atoms with Crippen LogP contribution in [0.5, 0.6) is 0 Å². The molecule has 0 atom stereocenters. The number of rotatable bonds is 7. The van der Waals surface area contributed by atoms with Crippen molar-refractivity contribution in [1.29, 1.82) is 5.26 Å². The number of amides is 1. The van der Waals surface area contributed by atoms with Gasteiger partial charge in [-0.3, -0.25) is 14.2 Å². The minimum atomic E-state index is -0.949. The Balaban J connectivity index is 1.59. The van der Waals surface area contributed by atoms with Crippen molar-refractivity contribution in [2.24, 2.45) is 0 Å². The molecule has 10 nitrogen and oxygen atoms in total. The first kappa shape index (κ1) is 22.4. The highest BCUT2D eigenvalue weighted by molar-refractivity contribution is 5.78. The smallest absolute Gasteiger partial charge is 0.333 e. The lowest BCUT2D eigenvalue weighted by molar-refractivity contribution is -0.123. The molecule has 0 spiro atoms. The van der Waals surface area contributed by atoms with Crippen molar-refractivity contribution >= 4 is 17.1 Å². The van der Waals surface area contributed by atoms with Gasteiger partial charge < -0.3 is 14.3 Å². The van der Waals surface area contributed by atoms with E-state index in [0.717, 1.165) is 23.0 Å². The Labute approximate surface area is 200 Å². The van der Waals surface area contributed by atoms with Gasteiger partial charge in [-0.1, -0.05) is 30.3 Å². The van der Waals surface area contributed by atoms with E-state index in [9.17, 15) is 19.6 Å². The number of carbonyl (C=O) groups excluding carboxylic acids is 1. The minimum Gasteiger partial charge on any atom is -0.467 e. The van der Waals surface area contributed by atoms with Crippen molar-refractivity contribution in [2.75, 3.05) is 0 Å². The largest absolute Gasteiger partial charge is 0.467 e. The van der Waals surface area contributed by atoms with Crippen molar-refractivity contribution in [2.45, 2.75) is 50.9 Å². The summed E-state index contributed by atoms with van der Waals surface area (Å²) in [6, 6.07) is 15.1. The lowest BCUT2D eigenvalue weighted by atomic mass is 10.00. The molecule has 1 saturated carbocycles. The first-order valence-electron chi connectivity index (χ1n) is 11.5. The molecule has 4 aromatic rings. The van der Waals surface area contributed by atoms with Crippen molar-refractivity contribution in [3.63, 3.8) is 0 Å². The number of nitrogens with one attached hydrogen (secondary N) is 1. The lowest BCUT2D eigenvalue weighted by Crippen LogP contribution is -2.50. The number of imidazole rings is 1. The van der Waals surface area contributed by atoms with Gasteiger partial charge >= 0.3 is 5.69 Å². The van der Waals surface area contributed by atoms with Crippen LogP contribution < -0.4 is 16.6 Å². The monoisotopic (exact) mass is 472 g/mol. The third kappa shape index (κ3) is 4.28. The molecule has 1 aliphatic carbocycles. The van der Waals surface area contributed by atoms with E-state index in [0.29, 0.717) is 18.6 Å². The quantitative estimate of drug-likeness (QED) is 0.438. The Morgan fingerprint density at radius 3 is 2.54 bits per heavy atom. The van der Waals surface area contributed by atoms with Crippen LogP contribution in [0.2, 0.25) is 0 Å². The second-order valence-corrected chi connectivity index (χ2v) is 8.82. The minimum absolute atomic E-state index is 0.179. The Hall–Kier alpha value is -4.39. The number of fused-ring (bicyclic) bond motifs is 1. The van der Waals surface area contributed by atoms with Gasteiger partial charge in [0.05, 0.1) is 31.7 Å². The van der Waals surface area contributed by atoms with Crippen molar-refractivity contribution in [1.82, 2.24) is 24.0 Å². The van der Waals surface area contributed by atoms with Crippen molar-refractivity contribution < 1.29 is 9.21 Å². The van der Waals surface area contributed by atoms with Crippen LogP contribution >= 0.6 is 0 Å². The van der Waals surface area contributed by atoms with Crippen LogP contribution in [0.15, 0.2) is 69.1 Å². The van der Waals surface area contributed by atoms with E-state index in [4.69, 9.17) is 4.42 Å². The highest BCUT2D eigenvalue weighted by atomic mass is 16.3. The molecule has 1 aromatic carbocycles. The maximum absolute atomic E-state index is 13.5. The van der Waals surface area contributed by atoms with Crippen LogP contribution in [-0.2, 0) is 24.4 Å². The zero-order valence-electron chi connectivity index (χ0n) is 19.0. The summed E-state index contributed by atoms with van der Waals surface area (Å²) in [6.45, 7) is -0.0677. The molecule has 0 radical (unpaired) electrons. The molecule has 0 bridgehead atoms. The zero-order chi connectivity index (χ0) is 24.4. The van der Waals surface area contributed by atoms with Crippen LogP contribution in [0.25, 0.3) is 11.2 Å². The van der Waals surface area contributed by atoms with Gasteiger partial charge in [-0.15, -0.1) is 0 Å². The Morgan fingerprint density at radius 1 is 1.09 bits per heavy atom. The fourth-order valence-corrected chi connectivity index (χ4v) is 4.67. The topological polar surface area (TPSA) is 128 Å². The van der Waals surface area contributed by atoms with Gasteiger partial charge in [0.25, 0.3) is 5.56 Å². The summed E-state index contributed by atoms with van der Waals surface area (Å²) < 4.78 is 9.34. The first-order chi connectivity index (χ1) is 17.0. The zero-order valence-corrected chi connectivity index (χ0v) is 19.0. The summed E-state index contributed by atoms with van der Waals surface area (Å²) in [5, 5.41) is 12.4. The maximum Gasteiger partial charge on any atom is 0.333 e. The first-order valence-corrected chi connectivity index (χ1v) is 11.5. The predicted molar refractivity (Wildman–Crippen MR) is 127 cm³/mol. The van der Waals surface area contributed by atoms with E-state index in [1.807, 2.05) is 30.3 Å². The summed E-state index contributed by atoms with van der Waals surface area (Å²) in [7, 11) is 0. The molecule has 0 aliphatic heterocycles. The third-order valence-electron chi connectivity index (χ3n) is 6.42. The molecule has 35 heavy (non-hydrogen) atoms. The van der Waals surface area contributed by atoms with Gasteiger partial charge in [0.15, 0.2) is 11.2 Å². The van der Waals surface area contributed by atoms with Gasteiger partial charge in [-0.25, -0.2) is 14.3 Å². The molecule has 178 valence electrons. The highest BCUT2D eigenvalue weighted by Crippen LogP contribution is 2.28. The van der Waals surface area contributed by atoms with Gasteiger partial charge in [0.1, 0.15) is 17.8 Å². The van der Waals surface area contributed by atoms with Crippen LogP contribution in [0.4, 0.5) is 0 Å². The van der Waals surface area contributed by atoms with E-state index in [2.05, 4.69) is 16.4 Å². The summed E-state index contributed by atoms with van der Waals surface area (Å²) in [5.74, 6) is 0.0707. The van der Waals surface area contributed by atoms with Gasteiger partial charge in [0.2, 0.25) is 5.91 Å². The summed E-state index contributed by atoms with van der Waals surface area (Å²) >= 11 is 0. The van der Waals surface area contributed by atoms with Gasteiger partial charge in [-0.05, 0) is 43.4 Å². The van der Waals surface area contributed by atoms with Crippen LogP contribution in [0.1, 0.15) is 37.0 Å². The number of hydrogen-bond donors (Lipinski definition) is 1. The SMILES string of the molecule is N#CC1(NC(=O)Cn2c(=O)c3c(ncn3Cc3ccco3)n(Cc3ccccc3)c2=O)CCCC1. The number of nitriles is 1. The Morgan fingerprint density at radius 2 is 1.86 bits per heavy atom. The van der Waals surface area contributed by atoms with E-state index < -0.39 is 29.2 Å². The van der Waals surface area contributed by atoms with Crippen LogP contribution in [0.3, 0.4) is 0 Å². The van der Waals surface area contributed by atoms with Crippen molar-refractivity contribution in [3.05, 3.63) is 87.2 Å². The predicted octanol–water partition coefficient (Wildman–Crippen LogP) is 2.00. The molecule has 0 saturated heterocycles. The number of hydrogen-bond acceptors (Lipinski definition) is 6. The standard InChI is InChI=1S/C25H24N6O4/c26-16-25(10-4-5-11-25)28-20(32)15-31-23(33)21-22(27-17-29(21)14-19-9-6-12-35-19)30(24(31)34)13-18-7-2-1-3-8-18/h1-3,6-9,12,17H,4-5,10-11,13-15H2,(H,28,32). The summed E-state index contributed by atoms with van der Waals surface area (Å²) in [6.07, 6.45) is 5.82. The normalized spacial score (nSPS) is 14.7. The number of aromatic nitrogens is 4. The summed E-state index contributed by atoms with van der Waals surface area (Å²) in [5.41, 5.74) is -0.930. The third-order valence-corrected chi connectivity index (χ3v) is 6.42. The Kier molecular flexibility index (Phi) is 5.82. The number of carbonyl (C=O) groups is 1. The van der Waals surface area contributed by atoms with Crippen LogP contribution in [-0.4, -0.2) is 30.1 Å². The van der Waals surface area contributed by atoms with E-state index in [1.165, 1.54) is 17.2 Å². The highest BCUT2D eigenvalue weighted by Gasteiger charge is 2.35. The molecule has 5 rings (SSSR count). The molecular formula is C25H24N6O4. The fraction of sp³-hybridized carbons (Fsp3) is 0.320. The second kappa shape index (κ2) is 9.10. The maximum atomic E-state index is 13.5. The number of benzene rings is 1. The second-order valence-electron chi connectivity index (χ2n) is 8.82. The average molecular weight is 473 g/mol. The molecule has 1 fully saturated rings. The van der Waals surface area contributed by atoms with Crippen LogP contribution in [0, 0.1) is 11.3 Å². The molecule has 1 aliphatic rings. The van der Waals surface area contributed by atoms with E-state index in [1.54, 1.807) is 16.7 Å². The van der Waals surface area contributed by atoms with Crippen molar-refractivity contribution in [3.8, 4) is 6.07 Å². The molecule has 1 N–H and O–H groups in total. The van der Waals surface area contributed by atoms with Gasteiger partial charge in [-0.2, -0.15) is 5.26 Å². The molecule has 3 aromatic heterocycles. The molecule has 0 unspecified atom stereocenters. The Bertz CT molecular complexity index is 1520. The molecule has 3 heterocycles.